The van der Waals surface area contributed by atoms with E-state index in [0.29, 0.717) is 6.42 Å². The molecule has 0 aliphatic carbocycles. The summed E-state index contributed by atoms with van der Waals surface area (Å²) in [6.45, 7) is 1.10. The fraction of sp³-hybridized carbons (Fsp3) is 0.357. The Balaban J connectivity index is 1.71. The molecule has 0 saturated carbocycles. The van der Waals surface area contributed by atoms with Crippen molar-refractivity contribution in [1.82, 2.24) is 14.3 Å². The maximum atomic E-state index is 13.8. The summed E-state index contributed by atoms with van der Waals surface area (Å²) in [6, 6.07) is 4.10. The molecular weight excluding hydrogens is 373 g/mol. The van der Waals surface area contributed by atoms with Crippen LogP contribution in [0.5, 0.6) is 0 Å². The number of hydrogen-bond donors (Lipinski definition) is 1. The molecule has 1 atom stereocenters. The van der Waals surface area contributed by atoms with Gasteiger partial charge in [0, 0.05) is 36.4 Å². The van der Waals surface area contributed by atoms with Crippen LogP contribution < -0.4 is 4.72 Å². The molecule has 1 aromatic heterocycles. The Bertz CT molecular complexity index is 771. The maximum absolute atomic E-state index is 13.8. The zero-order valence-electron chi connectivity index (χ0n) is 11.7. The second-order valence-electron chi connectivity index (χ2n) is 5.30. The molecule has 2 heterocycles. The minimum absolute atomic E-state index is 0.162. The summed E-state index contributed by atoms with van der Waals surface area (Å²) in [6.07, 6.45) is 5.25. The van der Waals surface area contributed by atoms with Gasteiger partial charge in [0.05, 0.1) is 0 Å². The van der Waals surface area contributed by atoms with Crippen molar-refractivity contribution in [2.75, 3.05) is 6.54 Å². The topological polar surface area (TPSA) is 64.0 Å². The molecule has 8 heteroatoms. The first-order chi connectivity index (χ1) is 10.5. The van der Waals surface area contributed by atoms with E-state index in [4.69, 9.17) is 0 Å². The minimum Gasteiger partial charge on any atom is -0.335 e. The van der Waals surface area contributed by atoms with Crippen molar-refractivity contribution >= 4 is 26.0 Å². The lowest BCUT2D eigenvalue weighted by Gasteiger charge is -2.23. The number of halogens is 2. The number of hydrogen-bond acceptors (Lipinski definition) is 3. The highest BCUT2D eigenvalue weighted by molar-refractivity contribution is 9.10. The average molecular weight is 388 g/mol. The summed E-state index contributed by atoms with van der Waals surface area (Å²) >= 11 is 3.09. The van der Waals surface area contributed by atoms with Crippen molar-refractivity contribution in [1.29, 1.82) is 0 Å². The first-order valence-corrected chi connectivity index (χ1v) is 9.18. The van der Waals surface area contributed by atoms with Gasteiger partial charge >= 0.3 is 0 Å². The van der Waals surface area contributed by atoms with E-state index in [0.717, 1.165) is 24.9 Å². The molecular formula is C14H15BrFN3O2S. The number of nitrogens with one attached hydrogen (secondary N) is 1. The number of aromatic nitrogens is 2. The molecule has 1 aromatic carbocycles. The second kappa shape index (κ2) is 6.10. The highest BCUT2D eigenvalue weighted by Crippen LogP contribution is 2.25. The lowest BCUT2D eigenvalue weighted by atomic mass is 9.98. The average Bonchev–Trinajstić information content (AvgIpc) is 2.92. The quantitative estimate of drug-likeness (QED) is 0.875. The van der Waals surface area contributed by atoms with Crippen molar-refractivity contribution in [2.45, 2.75) is 24.3 Å². The van der Waals surface area contributed by atoms with Crippen LogP contribution in [0.2, 0.25) is 0 Å². The van der Waals surface area contributed by atoms with Crippen molar-refractivity contribution in [2.24, 2.45) is 5.92 Å². The Morgan fingerprint density at radius 2 is 2.27 bits per heavy atom. The van der Waals surface area contributed by atoms with Crippen LogP contribution in [0.15, 0.2) is 40.0 Å². The predicted octanol–water partition coefficient (Wildman–Crippen LogP) is 2.33. The van der Waals surface area contributed by atoms with Gasteiger partial charge in [-0.1, -0.05) is 6.07 Å². The van der Waals surface area contributed by atoms with E-state index in [1.54, 1.807) is 6.20 Å². The van der Waals surface area contributed by atoms with Crippen molar-refractivity contribution in [3.05, 3.63) is 46.7 Å². The number of fused-ring (bicyclic) bond motifs is 1. The molecule has 0 unspecified atom stereocenters. The molecule has 1 N–H and O–H groups in total. The van der Waals surface area contributed by atoms with Gasteiger partial charge in [-0.15, -0.1) is 0 Å². The van der Waals surface area contributed by atoms with Crippen molar-refractivity contribution < 1.29 is 12.8 Å². The van der Waals surface area contributed by atoms with E-state index >= 15 is 0 Å². The summed E-state index contributed by atoms with van der Waals surface area (Å²) in [5.74, 6) is 0.360. The predicted molar refractivity (Wildman–Crippen MR) is 83.3 cm³/mol. The zero-order valence-corrected chi connectivity index (χ0v) is 14.1. The fourth-order valence-electron chi connectivity index (χ4n) is 2.63. The van der Waals surface area contributed by atoms with Crippen LogP contribution in [0.1, 0.15) is 12.2 Å². The first kappa shape index (κ1) is 15.6. The van der Waals surface area contributed by atoms with Gasteiger partial charge in [-0.2, -0.15) is 0 Å². The molecule has 3 rings (SSSR count). The van der Waals surface area contributed by atoms with Gasteiger partial charge in [-0.3, -0.25) is 0 Å². The summed E-state index contributed by atoms with van der Waals surface area (Å²) in [4.78, 5) is 3.92. The lowest BCUT2D eigenvalue weighted by Crippen LogP contribution is -2.33. The summed E-state index contributed by atoms with van der Waals surface area (Å²) < 4.78 is 43.2. The normalized spacial score (nSPS) is 18.2. The van der Waals surface area contributed by atoms with E-state index in [9.17, 15) is 12.8 Å². The number of imidazole rings is 1. The van der Waals surface area contributed by atoms with E-state index in [1.807, 2.05) is 6.20 Å². The molecule has 2 aromatic rings. The van der Waals surface area contributed by atoms with Gasteiger partial charge in [-0.25, -0.2) is 22.5 Å². The first-order valence-electron chi connectivity index (χ1n) is 6.91. The Morgan fingerprint density at radius 3 is 3.05 bits per heavy atom. The summed E-state index contributed by atoms with van der Waals surface area (Å²) in [5.41, 5.74) is 0. The van der Waals surface area contributed by atoms with E-state index in [2.05, 4.69) is 30.2 Å². The van der Waals surface area contributed by atoms with Gasteiger partial charge in [0.2, 0.25) is 10.0 Å². The monoisotopic (exact) mass is 387 g/mol. The van der Waals surface area contributed by atoms with Crippen LogP contribution in [0, 0.1) is 11.7 Å². The Morgan fingerprint density at radius 1 is 1.45 bits per heavy atom. The van der Waals surface area contributed by atoms with Crippen molar-refractivity contribution in [3.8, 4) is 0 Å². The van der Waals surface area contributed by atoms with Crippen LogP contribution in [-0.2, 0) is 23.0 Å². The highest BCUT2D eigenvalue weighted by Gasteiger charge is 2.25. The van der Waals surface area contributed by atoms with Crippen molar-refractivity contribution in [3.63, 3.8) is 0 Å². The number of aryl methyl sites for hydroxylation is 1. The molecule has 0 spiro atoms. The summed E-state index contributed by atoms with van der Waals surface area (Å²) in [7, 11) is -3.88. The maximum Gasteiger partial charge on any atom is 0.244 e. The third-order valence-corrected chi connectivity index (χ3v) is 6.22. The number of rotatable bonds is 4. The second-order valence-corrected chi connectivity index (χ2v) is 7.86. The fourth-order valence-corrected chi connectivity index (χ4v) is 4.86. The molecule has 0 radical (unpaired) electrons. The van der Waals surface area contributed by atoms with Crippen LogP contribution in [0.3, 0.4) is 0 Å². The largest absolute Gasteiger partial charge is 0.335 e. The third kappa shape index (κ3) is 3.09. The molecule has 0 amide bonds. The highest BCUT2D eigenvalue weighted by atomic mass is 79.9. The lowest BCUT2D eigenvalue weighted by molar-refractivity contribution is 0.379. The molecule has 118 valence electrons. The van der Waals surface area contributed by atoms with Gasteiger partial charge < -0.3 is 4.57 Å². The molecule has 0 fully saturated rings. The molecule has 0 saturated heterocycles. The molecule has 22 heavy (non-hydrogen) atoms. The Kier molecular flexibility index (Phi) is 4.33. The van der Waals surface area contributed by atoms with Crippen LogP contribution in [-0.4, -0.2) is 24.5 Å². The van der Waals surface area contributed by atoms with E-state index in [-0.39, 0.29) is 21.8 Å². The standard InChI is InChI=1S/C14H15BrFN3O2S/c15-11-2-1-3-12(16)14(11)22(20,21)18-9-10-4-6-19-7-5-17-13(19)8-10/h1-3,5,7,10,18H,4,6,8-9H2/t10-/m1/s1. The molecule has 1 aliphatic heterocycles. The SMILES string of the molecule is O=S(=O)(NC[C@@H]1CCn2ccnc2C1)c1c(F)cccc1Br. The number of benzene rings is 1. The van der Waals surface area contributed by atoms with Crippen LogP contribution in [0.4, 0.5) is 4.39 Å². The molecule has 5 nitrogen and oxygen atoms in total. The van der Waals surface area contributed by atoms with E-state index in [1.165, 1.54) is 12.1 Å². The Labute approximate surface area is 136 Å². The minimum atomic E-state index is -3.88. The number of nitrogens with zero attached hydrogens (tertiary/aromatic N) is 2. The smallest absolute Gasteiger partial charge is 0.244 e. The molecule has 1 aliphatic rings. The van der Waals surface area contributed by atoms with Gasteiger partial charge in [0.25, 0.3) is 0 Å². The van der Waals surface area contributed by atoms with Crippen LogP contribution >= 0.6 is 15.9 Å². The Hall–Kier alpha value is -1.25. The summed E-state index contributed by atoms with van der Waals surface area (Å²) in [5, 5.41) is 0. The van der Waals surface area contributed by atoms with Gasteiger partial charge in [-0.05, 0) is 40.4 Å². The van der Waals surface area contributed by atoms with Crippen LogP contribution in [0.25, 0.3) is 0 Å². The van der Waals surface area contributed by atoms with E-state index < -0.39 is 15.8 Å². The van der Waals surface area contributed by atoms with Gasteiger partial charge in [0.15, 0.2) is 0 Å². The van der Waals surface area contributed by atoms with Gasteiger partial charge in [0.1, 0.15) is 16.5 Å². The molecule has 0 bridgehead atoms. The number of sulfonamides is 1. The third-order valence-electron chi connectivity index (χ3n) is 3.80. The zero-order chi connectivity index (χ0) is 15.7.